The van der Waals surface area contributed by atoms with Crippen molar-refractivity contribution in [2.75, 3.05) is 12.4 Å². The third-order valence-electron chi connectivity index (χ3n) is 3.21. The van der Waals surface area contributed by atoms with E-state index in [9.17, 15) is 23.4 Å². The summed E-state index contributed by atoms with van der Waals surface area (Å²) in [4.78, 5) is 0.862. The molecule has 129 valence electrons. The van der Waals surface area contributed by atoms with Gasteiger partial charge < -0.3 is 9.84 Å². The third-order valence-corrected chi connectivity index (χ3v) is 4.35. The molecule has 0 aromatic heterocycles. The van der Waals surface area contributed by atoms with E-state index >= 15 is 0 Å². The number of alkyl halides is 3. The van der Waals surface area contributed by atoms with Gasteiger partial charge in [0.1, 0.15) is 12.4 Å². The number of hydrogen-bond donors (Lipinski definition) is 1. The van der Waals surface area contributed by atoms with Gasteiger partial charge in [-0.3, -0.25) is 5.11 Å². The molecule has 2 aromatic rings. The monoisotopic (exact) mass is 357 g/mol. The van der Waals surface area contributed by atoms with Crippen LogP contribution in [0, 0.1) is 6.92 Å². The number of aryl methyl sites for hydroxylation is 1. The second-order valence-electron chi connectivity index (χ2n) is 5.23. The second kappa shape index (κ2) is 7.81. The van der Waals surface area contributed by atoms with Gasteiger partial charge in [0, 0.05) is 10.6 Å². The summed E-state index contributed by atoms with van der Waals surface area (Å²) in [6, 6.07) is 9.22. The predicted octanol–water partition coefficient (Wildman–Crippen LogP) is 4.69. The molecule has 2 aromatic carbocycles. The molecular formula is C17H16F3O3S. The van der Waals surface area contributed by atoms with E-state index in [0.29, 0.717) is 11.3 Å². The van der Waals surface area contributed by atoms with Crippen molar-refractivity contribution in [2.24, 2.45) is 0 Å². The van der Waals surface area contributed by atoms with E-state index in [1.807, 2.05) is 0 Å². The van der Waals surface area contributed by atoms with Gasteiger partial charge in [0.2, 0.25) is 0 Å². The molecule has 0 bridgehead atoms. The van der Waals surface area contributed by atoms with Crippen LogP contribution in [0.3, 0.4) is 0 Å². The fourth-order valence-corrected chi connectivity index (χ4v) is 2.79. The Bertz CT molecular complexity index is 672. The molecule has 3 nitrogen and oxygen atoms in total. The molecule has 0 aliphatic carbocycles. The van der Waals surface area contributed by atoms with Gasteiger partial charge in [0.25, 0.3) is 0 Å². The number of ether oxygens (including phenoxy) is 1. The van der Waals surface area contributed by atoms with Gasteiger partial charge in [0.15, 0.2) is 5.75 Å². The average molecular weight is 357 g/mol. The third kappa shape index (κ3) is 5.35. The SMILES string of the molecule is Cc1cc(SC[C@H](O)COc2ccc(C(F)(F)F)cc2)ccc1[O]. The highest BCUT2D eigenvalue weighted by Crippen LogP contribution is 2.30. The Morgan fingerprint density at radius 2 is 1.83 bits per heavy atom. The van der Waals surface area contributed by atoms with E-state index < -0.39 is 17.8 Å². The highest BCUT2D eigenvalue weighted by atomic mass is 32.2. The summed E-state index contributed by atoms with van der Waals surface area (Å²) in [6.45, 7) is 1.69. The van der Waals surface area contributed by atoms with Crippen LogP contribution in [0.5, 0.6) is 11.5 Å². The van der Waals surface area contributed by atoms with Crippen LogP contribution in [0.1, 0.15) is 11.1 Å². The lowest BCUT2D eigenvalue weighted by molar-refractivity contribution is -0.137. The van der Waals surface area contributed by atoms with Crippen LogP contribution in [-0.2, 0) is 11.3 Å². The summed E-state index contributed by atoms with van der Waals surface area (Å²) < 4.78 is 42.6. The zero-order chi connectivity index (χ0) is 17.7. The first-order valence-electron chi connectivity index (χ1n) is 7.14. The zero-order valence-corrected chi connectivity index (χ0v) is 13.7. The smallest absolute Gasteiger partial charge is 0.416 e. The van der Waals surface area contributed by atoms with Crippen LogP contribution in [0.2, 0.25) is 0 Å². The molecule has 1 N–H and O–H groups in total. The maximum Gasteiger partial charge on any atom is 0.416 e. The molecule has 0 saturated heterocycles. The first-order valence-corrected chi connectivity index (χ1v) is 8.13. The number of benzene rings is 2. The van der Waals surface area contributed by atoms with E-state index in [2.05, 4.69) is 0 Å². The van der Waals surface area contributed by atoms with Crippen LogP contribution >= 0.6 is 11.8 Å². The van der Waals surface area contributed by atoms with Gasteiger partial charge >= 0.3 is 6.18 Å². The van der Waals surface area contributed by atoms with Gasteiger partial charge in [-0.2, -0.15) is 13.2 Å². The molecule has 1 radical (unpaired) electrons. The fourth-order valence-electron chi connectivity index (χ4n) is 1.88. The first kappa shape index (κ1) is 18.5. The van der Waals surface area contributed by atoms with E-state index in [1.54, 1.807) is 19.1 Å². The van der Waals surface area contributed by atoms with E-state index in [1.165, 1.54) is 30.0 Å². The molecule has 7 heteroatoms. The van der Waals surface area contributed by atoms with Crippen molar-refractivity contribution in [3.8, 4) is 11.5 Å². The quantitative estimate of drug-likeness (QED) is 0.763. The Kier molecular flexibility index (Phi) is 6.01. The van der Waals surface area contributed by atoms with Gasteiger partial charge in [0.05, 0.1) is 11.7 Å². The molecule has 0 heterocycles. The van der Waals surface area contributed by atoms with Crippen LogP contribution in [0.15, 0.2) is 47.4 Å². The van der Waals surface area contributed by atoms with Crippen molar-refractivity contribution in [2.45, 2.75) is 24.1 Å². The maximum atomic E-state index is 12.4. The molecule has 0 fully saturated rings. The second-order valence-corrected chi connectivity index (χ2v) is 6.32. The Morgan fingerprint density at radius 1 is 1.17 bits per heavy atom. The molecule has 1 atom stereocenters. The van der Waals surface area contributed by atoms with Crippen LogP contribution < -0.4 is 4.74 Å². The van der Waals surface area contributed by atoms with Gasteiger partial charge in [-0.05, 0) is 55.0 Å². The van der Waals surface area contributed by atoms with Crippen molar-refractivity contribution >= 4 is 11.8 Å². The maximum absolute atomic E-state index is 12.4. The largest absolute Gasteiger partial charge is 0.491 e. The lowest BCUT2D eigenvalue weighted by atomic mass is 10.2. The van der Waals surface area contributed by atoms with E-state index in [0.717, 1.165) is 17.0 Å². The molecule has 24 heavy (non-hydrogen) atoms. The lowest BCUT2D eigenvalue weighted by Crippen LogP contribution is -2.20. The number of aliphatic hydroxyl groups excluding tert-OH is 1. The molecule has 0 spiro atoms. The Balaban J connectivity index is 1.80. The van der Waals surface area contributed by atoms with Gasteiger partial charge in [-0.15, -0.1) is 11.8 Å². The topological polar surface area (TPSA) is 49.4 Å². The van der Waals surface area contributed by atoms with E-state index in [4.69, 9.17) is 4.74 Å². The molecule has 0 unspecified atom stereocenters. The van der Waals surface area contributed by atoms with Crippen molar-refractivity contribution in [1.29, 1.82) is 0 Å². The summed E-state index contributed by atoms with van der Waals surface area (Å²) in [5, 5.41) is 21.2. The number of hydrogen-bond acceptors (Lipinski definition) is 3. The molecule has 2 rings (SSSR count). The van der Waals surface area contributed by atoms with Gasteiger partial charge in [-0.1, -0.05) is 0 Å². The normalized spacial score (nSPS) is 12.9. The highest BCUT2D eigenvalue weighted by molar-refractivity contribution is 7.99. The van der Waals surface area contributed by atoms with E-state index in [-0.39, 0.29) is 18.1 Å². The molecule has 0 amide bonds. The van der Waals surface area contributed by atoms with Crippen molar-refractivity contribution in [3.05, 3.63) is 53.6 Å². The summed E-state index contributed by atoms with van der Waals surface area (Å²) in [6.07, 6.45) is -5.17. The fraction of sp³-hybridized carbons (Fsp3) is 0.294. The van der Waals surface area contributed by atoms with Crippen molar-refractivity contribution < 1.29 is 28.1 Å². The number of halogens is 3. The lowest BCUT2D eigenvalue weighted by Gasteiger charge is -2.13. The minimum absolute atomic E-state index is 0.0308. The molecular weight excluding hydrogens is 341 g/mol. The van der Waals surface area contributed by atoms with Crippen molar-refractivity contribution in [3.63, 3.8) is 0 Å². The van der Waals surface area contributed by atoms with Crippen LogP contribution in [0.25, 0.3) is 0 Å². The number of thioether (sulfide) groups is 1. The Morgan fingerprint density at radius 3 is 2.42 bits per heavy atom. The van der Waals surface area contributed by atoms with Crippen molar-refractivity contribution in [1.82, 2.24) is 0 Å². The predicted molar refractivity (Wildman–Crippen MR) is 85.0 cm³/mol. The molecule has 0 saturated carbocycles. The molecule has 0 aliphatic heterocycles. The highest BCUT2D eigenvalue weighted by Gasteiger charge is 2.30. The summed E-state index contributed by atoms with van der Waals surface area (Å²) in [5.41, 5.74) is -0.112. The first-order chi connectivity index (χ1) is 11.3. The van der Waals surface area contributed by atoms with Crippen LogP contribution in [-0.4, -0.2) is 23.6 Å². The average Bonchev–Trinajstić information content (AvgIpc) is 2.53. The Labute approximate surface area is 142 Å². The van der Waals surface area contributed by atoms with Crippen LogP contribution in [0.4, 0.5) is 13.2 Å². The van der Waals surface area contributed by atoms with Gasteiger partial charge in [-0.25, -0.2) is 0 Å². The minimum atomic E-state index is -4.38. The summed E-state index contributed by atoms with van der Waals surface area (Å²) in [7, 11) is 0. The summed E-state index contributed by atoms with van der Waals surface area (Å²) in [5.74, 6) is 0.572. The standard InChI is InChI=1S/C17H16F3O3S/c1-11-8-15(6-7-16(11)22)24-10-13(21)9-23-14-4-2-12(3-5-14)17(18,19)20/h2-8,13,21H,9-10H2,1H3/t13-/m1/s1. The Hall–Kier alpha value is -1.86. The molecule has 0 aliphatic rings. The number of aliphatic hydroxyl groups is 1. The zero-order valence-electron chi connectivity index (χ0n) is 12.8. The summed E-state index contributed by atoms with van der Waals surface area (Å²) >= 11 is 1.37. The minimum Gasteiger partial charge on any atom is -0.491 e. The number of rotatable bonds is 6.